The van der Waals surface area contributed by atoms with Gasteiger partial charge in [-0.3, -0.25) is 19.3 Å². The number of amides is 2. The van der Waals surface area contributed by atoms with E-state index >= 15 is 0 Å². The molecule has 0 saturated carbocycles. The zero-order valence-electron chi connectivity index (χ0n) is 14.9. The lowest BCUT2D eigenvalue weighted by Crippen LogP contribution is -2.36. The van der Waals surface area contributed by atoms with Gasteiger partial charge in [-0.15, -0.1) is 11.3 Å². The second-order valence-electron chi connectivity index (χ2n) is 6.41. The van der Waals surface area contributed by atoms with E-state index in [2.05, 4.69) is 15.4 Å². The minimum absolute atomic E-state index is 0.0531. The van der Waals surface area contributed by atoms with Gasteiger partial charge in [-0.2, -0.15) is 5.10 Å². The molecule has 138 valence electrons. The molecule has 2 amide bonds. The zero-order valence-corrected chi connectivity index (χ0v) is 15.7. The van der Waals surface area contributed by atoms with E-state index in [-0.39, 0.29) is 11.8 Å². The fourth-order valence-corrected chi connectivity index (χ4v) is 3.87. The summed E-state index contributed by atoms with van der Waals surface area (Å²) in [6.07, 6.45) is 2.26. The van der Waals surface area contributed by atoms with Crippen LogP contribution in [0.2, 0.25) is 0 Å². The molecular weight excluding hydrogens is 362 g/mol. The SMILES string of the molecule is Cn1nc(C(=O)NCc2ccccc2)c2c1CCN(C(=O)c1cncs1)C2. The van der Waals surface area contributed by atoms with Crippen molar-refractivity contribution in [2.24, 2.45) is 7.05 Å². The van der Waals surface area contributed by atoms with Crippen molar-refractivity contribution in [3.05, 3.63) is 69.4 Å². The van der Waals surface area contributed by atoms with Crippen LogP contribution in [0, 0.1) is 0 Å². The molecule has 0 spiro atoms. The van der Waals surface area contributed by atoms with Crippen molar-refractivity contribution in [2.75, 3.05) is 6.54 Å². The Morgan fingerprint density at radius 2 is 2.07 bits per heavy atom. The normalized spacial score (nSPS) is 13.3. The van der Waals surface area contributed by atoms with Crippen LogP contribution in [0.5, 0.6) is 0 Å². The largest absolute Gasteiger partial charge is 0.347 e. The number of hydrogen-bond donors (Lipinski definition) is 1. The minimum atomic E-state index is -0.220. The Hall–Kier alpha value is -3.00. The molecule has 0 aliphatic carbocycles. The van der Waals surface area contributed by atoms with Gasteiger partial charge in [0.15, 0.2) is 5.69 Å². The molecule has 1 aliphatic heterocycles. The van der Waals surface area contributed by atoms with E-state index in [9.17, 15) is 9.59 Å². The summed E-state index contributed by atoms with van der Waals surface area (Å²) in [5.74, 6) is -0.273. The van der Waals surface area contributed by atoms with Crippen molar-refractivity contribution in [1.29, 1.82) is 0 Å². The third-order valence-electron chi connectivity index (χ3n) is 4.68. The van der Waals surface area contributed by atoms with Crippen LogP contribution in [-0.4, -0.2) is 38.0 Å². The quantitative estimate of drug-likeness (QED) is 0.750. The lowest BCUT2D eigenvalue weighted by Gasteiger charge is -2.27. The molecule has 3 heterocycles. The van der Waals surface area contributed by atoms with Crippen LogP contribution in [0.25, 0.3) is 0 Å². The molecule has 0 unspecified atom stereocenters. The Balaban J connectivity index is 1.52. The van der Waals surface area contributed by atoms with Crippen LogP contribution in [0.3, 0.4) is 0 Å². The van der Waals surface area contributed by atoms with Crippen molar-refractivity contribution in [3.8, 4) is 0 Å². The van der Waals surface area contributed by atoms with E-state index in [0.717, 1.165) is 16.8 Å². The highest BCUT2D eigenvalue weighted by molar-refractivity contribution is 7.11. The van der Waals surface area contributed by atoms with Gasteiger partial charge in [0.25, 0.3) is 11.8 Å². The number of carbonyl (C=O) groups is 2. The Morgan fingerprint density at radius 3 is 2.81 bits per heavy atom. The van der Waals surface area contributed by atoms with Gasteiger partial charge >= 0.3 is 0 Å². The molecule has 0 bridgehead atoms. The number of aryl methyl sites for hydroxylation is 1. The Kier molecular flexibility index (Phi) is 4.72. The number of thiazole rings is 1. The minimum Gasteiger partial charge on any atom is -0.347 e. The molecule has 0 radical (unpaired) electrons. The second-order valence-corrected chi connectivity index (χ2v) is 7.29. The van der Waals surface area contributed by atoms with Gasteiger partial charge < -0.3 is 10.2 Å². The molecule has 2 aromatic heterocycles. The molecule has 7 nitrogen and oxygen atoms in total. The van der Waals surface area contributed by atoms with Crippen molar-refractivity contribution in [1.82, 2.24) is 25.0 Å². The first-order valence-electron chi connectivity index (χ1n) is 8.68. The number of fused-ring (bicyclic) bond motifs is 1. The Morgan fingerprint density at radius 1 is 1.26 bits per heavy atom. The maximum absolute atomic E-state index is 12.7. The van der Waals surface area contributed by atoms with E-state index in [4.69, 9.17) is 0 Å². The van der Waals surface area contributed by atoms with Crippen LogP contribution in [-0.2, 0) is 26.6 Å². The van der Waals surface area contributed by atoms with Crippen LogP contribution in [0.4, 0.5) is 0 Å². The first-order chi connectivity index (χ1) is 13.1. The summed E-state index contributed by atoms with van der Waals surface area (Å²) in [6, 6.07) is 9.74. The standard InChI is InChI=1S/C19H19N5O2S/c1-23-15-7-8-24(19(26)16-10-20-12-27-16)11-14(15)17(22-23)18(25)21-9-13-5-3-2-4-6-13/h2-6,10,12H,7-9,11H2,1H3,(H,21,25). The summed E-state index contributed by atoms with van der Waals surface area (Å²) in [5, 5.41) is 7.34. The van der Waals surface area contributed by atoms with Crippen molar-refractivity contribution in [3.63, 3.8) is 0 Å². The molecule has 27 heavy (non-hydrogen) atoms. The van der Waals surface area contributed by atoms with E-state index in [1.54, 1.807) is 21.3 Å². The molecule has 4 rings (SSSR count). The van der Waals surface area contributed by atoms with Crippen molar-refractivity contribution in [2.45, 2.75) is 19.5 Å². The smallest absolute Gasteiger partial charge is 0.272 e. The van der Waals surface area contributed by atoms with E-state index < -0.39 is 0 Å². The van der Waals surface area contributed by atoms with Crippen LogP contribution >= 0.6 is 11.3 Å². The van der Waals surface area contributed by atoms with Gasteiger partial charge in [0.2, 0.25) is 0 Å². The summed E-state index contributed by atoms with van der Waals surface area (Å²) in [5.41, 5.74) is 4.90. The number of benzene rings is 1. The van der Waals surface area contributed by atoms with Crippen LogP contribution < -0.4 is 5.32 Å². The molecule has 1 aromatic carbocycles. The Bertz CT molecular complexity index is 966. The fraction of sp³-hybridized carbons (Fsp3) is 0.263. The number of hydrogen-bond acceptors (Lipinski definition) is 5. The zero-order chi connectivity index (χ0) is 18.8. The number of rotatable bonds is 4. The van der Waals surface area contributed by atoms with Crippen LogP contribution in [0.15, 0.2) is 42.0 Å². The van der Waals surface area contributed by atoms with E-state index in [1.807, 2.05) is 37.4 Å². The highest BCUT2D eigenvalue weighted by atomic mass is 32.1. The lowest BCUT2D eigenvalue weighted by molar-refractivity contribution is 0.0735. The number of aromatic nitrogens is 3. The van der Waals surface area contributed by atoms with Gasteiger partial charge in [0.05, 0.1) is 18.3 Å². The monoisotopic (exact) mass is 381 g/mol. The summed E-state index contributed by atoms with van der Waals surface area (Å²) in [7, 11) is 1.84. The number of carbonyl (C=O) groups excluding carboxylic acids is 2. The van der Waals surface area contributed by atoms with E-state index in [0.29, 0.717) is 36.6 Å². The van der Waals surface area contributed by atoms with Gasteiger partial charge in [-0.25, -0.2) is 0 Å². The summed E-state index contributed by atoms with van der Waals surface area (Å²) in [6.45, 7) is 1.43. The molecule has 8 heteroatoms. The van der Waals surface area contributed by atoms with Gasteiger partial charge in [0.1, 0.15) is 4.88 Å². The molecule has 3 aromatic rings. The average Bonchev–Trinajstić information content (AvgIpc) is 3.35. The van der Waals surface area contributed by atoms with Gasteiger partial charge in [0, 0.05) is 37.8 Å². The highest BCUT2D eigenvalue weighted by Gasteiger charge is 2.30. The van der Waals surface area contributed by atoms with E-state index in [1.165, 1.54) is 11.3 Å². The molecule has 1 aliphatic rings. The topological polar surface area (TPSA) is 80.1 Å². The molecule has 1 N–H and O–H groups in total. The molecule has 0 saturated heterocycles. The number of nitrogens with zero attached hydrogens (tertiary/aromatic N) is 4. The summed E-state index contributed by atoms with van der Waals surface area (Å²) in [4.78, 5) is 31.7. The molecular formula is C19H19N5O2S. The predicted octanol–water partition coefficient (Wildman–Crippen LogP) is 2.01. The van der Waals surface area contributed by atoms with Crippen molar-refractivity contribution < 1.29 is 9.59 Å². The maximum atomic E-state index is 12.7. The molecule has 0 atom stereocenters. The van der Waals surface area contributed by atoms with Crippen LogP contribution in [0.1, 0.15) is 37.0 Å². The predicted molar refractivity (Wildman–Crippen MR) is 101 cm³/mol. The first-order valence-corrected chi connectivity index (χ1v) is 9.56. The average molecular weight is 381 g/mol. The fourth-order valence-electron chi connectivity index (χ4n) is 3.29. The maximum Gasteiger partial charge on any atom is 0.272 e. The highest BCUT2D eigenvalue weighted by Crippen LogP contribution is 2.24. The van der Waals surface area contributed by atoms with Crippen molar-refractivity contribution >= 4 is 23.2 Å². The van der Waals surface area contributed by atoms with Gasteiger partial charge in [-0.1, -0.05) is 30.3 Å². The third-order valence-corrected chi connectivity index (χ3v) is 5.44. The summed E-state index contributed by atoms with van der Waals surface area (Å²) < 4.78 is 1.75. The lowest BCUT2D eigenvalue weighted by atomic mass is 10.0. The Labute approximate surface area is 160 Å². The first kappa shape index (κ1) is 17.4. The second kappa shape index (κ2) is 7.32. The summed E-state index contributed by atoms with van der Waals surface area (Å²) >= 11 is 1.32. The van der Waals surface area contributed by atoms with Gasteiger partial charge in [-0.05, 0) is 5.56 Å². The number of nitrogens with one attached hydrogen (secondary N) is 1. The molecule has 0 fully saturated rings. The third kappa shape index (κ3) is 3.48.